The van der Waals surface area contributed by atoms with Crippen LogP contribution in [0.2, 0.25) is 0 Å². The van der Waals surface area contributed by atoms with Gasteiger partial charge in [0.1, 0.15) is 19.6 Å². The van der Waals surface area contributed by atoms with E-state index in [4.69, 9.17) is 4.74 Å². The van der Waals surface area contributed by atoms with E-state index in [0.717, 1.165) is 38.4 Å². The summed E-state index contributed by atoms with van der Waals surface area (Å²) in [6.45, 7) is 10.8. The van der Waals surface area contributed by atoms with Crippen molar-refractivity contribution in [2.75, 3.05) is 26.3 Å². The quantitative estimate of drug-likeness (QED) is 0.851. The van der Waals surface area contributed by atoms with Gasteiger partial charge < -0.3 is 15.0 Å². The molecular weight excluding hydrogens is 252 g/mol. The predicted molar refractivity (Wildman–Crippen MR) is 78.9 cm³/mol. The fraction of sp³-hybridized carbons (Fsp3) is 0.562. The van der Waals surface area contributed by atoms with Crippen LogP contribution in [0.1, 0.15) is 36.7 Å². The summed E-state index contributed by atoms with van der Waals surface area (Å²) in [5.41, 5.74) is 1.79. The molecule has 4 nitrogen and oxygen atoms in total. The van der Waals surface area contributed by atoms with E-state index in [0.29, 0.717) is 0 Å². The van der Waals surface area contributed by atoms with Crippen LogP contribution in [-0.4, -0.2) is 37.7 Å². The maximum Gasteiger partial charge on any atom is 0.251 e. The van der Waals surface area contributed by atoms with Crippen LogP contribution in [-0.2, 0) is 11.3 Å². The molecule has 4 heteroatoms. The molecule has 0 saturated carbocycles. The zero-order valence-electron chi connectivity index (χ0n) is 12.7. The van der Waals surface area contributed by atoms with E-state index in [-0.39, 0.29) is 11.4 Å². The van der Waals surface area contributed by atoms with E-state index in [2.05, 4.69) is 17.4 Å². The molecule has 0 radical (unpaired) electrons. The first-order valence-corrected chi connectivity index (χ1v) is 7.27. The highest BCUT2D eigenvalue weighted by Gasteiger charge is 2.16. The van der Waals surface area contributed by atoms with E-state index >= 15 is 0 Å². The number of carbonyl (C=O) groups excluding carboxylic acids is 1. The highest BCUT2D eigenvalue weighted by atomic mass is 16.5. The van der Waals surface area contributed by atoms with Gasteiger partial charge in [0, 0.05) is 16.7 Å². The van der Waals surface area contributed by atoms with Gasteiger partial charge in [-0.05, 0) is 32.9 Å². The number of morpholine rings is 1. The molecule has 0 atom stereocenters. The molecule has 2 rings (SSSR count). The summed E-state index contributed by atoms with van der Waals surface area (Å²) in [6.07, 6.45) is 0. The molecule has 110 valence electrons. The average Bonchev–Trinajstić information content (AvgIpc) is 2.39. The minimum atomic E-state index is -0.201. The van der Waals surface area contributed by atoms with E-state index in [9.17, 15) is 4.79 Å². The van der Waals surface area contributed by atoms with Gasteiger partial charge in [0.15, 0.2) is 0 Å². The molecule has 0 unspecified atom stereocenters. The van der Waals surface area contributed by atoms with Gasteiger partial charge in [-0.3, -0.25) is 4.79 Å². The smallest absolute Gasteiger partial charge is 0.251 e. The molecule has 1 aromatic rings. The minimum Gasteiger partial charge on any atom is -0.370 e. The second-order valence-electron chi connectivity index (χ2n) is 6.44. The number of hydrogen-bond donors (Lipinski definition) is 2. The Morgan fingerprint density at radius 3 is 2.35 bits per heavy atom. The van der Waals surface area contributed by atoms with Gasteiger partial charge in [-0.1, -0.05) is 12.1 Å². The molecule has 20 heavy (non-hydrogen) atoms. The first kappa shape index (κ1) is 15.0. The normalized spacial score (nSPS) is 16.9. The third kappa shape index (κ3) is 4.62. The first-order chi connectivity index (χ1) is 9.44. The largest absolute Gasteiger partial charge is 0.370 e. The number of amides is 1. The number of nitrogens with one attached hydrogen (secondary N) is 2. The summed E-state index contributed by atoms with van der Waals surface area (Å²) in [5, 5.41) is 2.98. The SMILES string of the molecule is CC(C)(C)NC(=O)c1ccc(C[NH+]2CCOCC2)cc1. The maximum atomic E-state index is 12.0. The standard InChI is InChI=1S/C16H24N2O2/c1-16(2,3)17-15(19)14-6-4-13(5-7-14)12-18-8-10-20-11-9-18/h4-7H,8-12H2,1-3H3,(H,17,19)/p+1. The predicted octanol–water partition coefficient (Wildman–Crippen LogP) is 0.630. The Bertz CT molecular complexity index is 443. The Labute approximate surface area is 121 Å². The Hall–Kier alpha value is -1.39. The Balaban J connectivity index is 1.93. The Morgan fingerprint density at radius 1 is 1.20 bits per heavy atom. The van der Waals surface area contributed by atoms with Crippen LogP contribution in [0, 0.1) is 0 Å². The van der Waals surface area contributed by atoms with Gasteiger partial charge >= 0.3 is 0 Å². The van der Waals surface area contributed by atoms with Crippen LogP contribution in [0.4, 0.5) is 0 Å². The number of carbonyl (C=O) groups is 1. The third-order valence-corrected chi connectivity index (χ3v) is 3.36. The highest BCUT2D eigenvalue weighted by molar-refractivity contribution is 5.94. The average molecular weight is 277 g/mol. The van der Waals surface area contributed by atoms with Crippen molar-refractivity contribution in [3.63, 3.8) is 0 Å². The van der Waals surface area contributed by atoms with Crippen LogP contribution in [0.5, 0.6) is 0 Å². The number of quaternary nitrogens is 1. The molecule has 1 fully saturated rings. The lowest BCUT2D eigenvalue weighted by molar-refractivity contribution is -0.921. The molecule has 1 heterocycles. The zero-order valence-corrected chi connectivity index (χ0v) is 12.7. The maximum absolute atomic E-state index is 12.0. The van der Waals surface area contributed by atoms with E-state index in [1.54, 1.807) is 4.90 Å². The van der Waals surface area contributed by atoms with Gasteiger partial charge in [-0.25, -0.2) is 0 Å². The zero-order chi connectivity index (χ0) is 14.6. The Morgan fingerprint density at radius 2 is 1.80 bits per heavy atom. The van der Waals surface area contributed by atoms with Crippen LogP contribution in [0.25, 0.3) is 0 Å². The van der Waals surface area contributed by atoms with E-state index in [1.165, 1.54) is 5.56 Å². The van der Waals surface area contributed by atoms with E-state index in [1.807, 2.05) is 32.9 Å². The highest BCUT2D eigenvalue weighted by Crippen LogP contribution is 2.07. The van der Waals surface area contributed by atoms with Crippen LogP contribution < -0.4 is 10.2 Å². The van der Waals surface area contributed by atoms with Crippen molar-refractivity contribution in [2.45, 2.75) is 32.9 Å². The van der Waals surface area contributed by atoms with Crippen LogP contribution in [0.15, 0.2) is 24.3 Å². The minimum absolute atomic E-state index is 0.0113. The molecule has 0 aliphatic carbocycles. The van der Waals surface area contributed by atoms with Crippen LogP contribution in [0.3, 0.4) is 0 Å². The molecule has 0 aromatic heterocycles. The molecule has 1 aliphatic heterocycles. The summed E-state index contributed by atoms with van der Waals surface area (Å²) in [4.78, 5) is 13.6. The lowest BCUT2D eigenvalue weighted by Gasteiger charge is -2.24. The summed E-state index contributed by atoms with van der Waals surface area (Å²) < 4.78 is 5.36. The number of benzene rings is 1. The number of ether oxygens (including phenoxy) is 1. The molecule has 0 spiro atoms. The molecule has 1 amide bonds. The van der Waals surface area contributed by atoms with Crippen molar-refractivity contribution in [3.05, 3.63) is 35.4 Å². The molecule has 2 N–H and O–H groups in total. The van der Waals surface area contributed by atoms with Gasteiger partial charge in [0.25, 0.3) is 5.91 Å². The second-order valence-corrected chi connectivity index (χ2v) is 6.44. The van der Waals surface area contributed by atoms with Crippen molar-refractivity contribution in [1.29, 1.82) is 0 Å². The van der Waals surface area contributed by atoms with Crippen molar-refractivity contribution >= 4 is 5.91 Å². The summed E-state index contributed by atoms with van der Waals surface area (Å²) in [6, 6.07) is 7.94. The Kier molecular flexibility index (Phi) is 4.78. The summed E-state index contributed by atoms with van der Waals surface area (Å²) in [7, 11) is 0. The molecule has 0 bridgehead atoms. The monoisotopic (exact) mass is 277 g/mol. The van der Waals surface area contributed by atoms with Gasteiger partial charge in [-0.2, -0.15) is 0 Å². The second kappa shape index (κ2) is 6.37. The van der Waals surface area contributed by atoms with Gasteiger partial charge in [-0.15, -0.1) is 0 Å². The van der Waals surface area contributed by atoms with Crippen LogP contribution >= 0.6 is 0 Å². The van der Waals surface area contributed by atoms with Crippen molar-refractivity contribution < 1.29 is 14.4 Å². The molecule has 1 saturated heterocycles. The molecule has 1 aromatic carbocycles. The fourth-order valence-corrected chi connectivity index (χ4v) is 2.31. The fourth-order valence-electron chi connectivity index (χ4n) is 2.31. The van der Waals surface area contributed by atoms with E-state index < -0.39 is 0 Å². The van der Waals surface area contributed by atoms with Crippen molar-refractivity contribution in [2.24, 2.45) is 0 Å². The first-order valence-electron chi connectivity index (χ1n) is 7.27. The summed E-state index contributed by atoms with van der Waals surface area (Å²) in [5.74, 6) is -0.0113. The molecule has 1 aliphatic rings. The topological polar surface area (TPSA) is 42.8 Å². The summed E-state index contributed by atoms with van der Waals surface area (Å²) >= 11 is 0. The third-order valence-electron chi connectivity index (χ3n) is 3.36. The lowest BCUT2D eigenvalue weighted by atomic mass is 10.1. The van der Waals surface area contributed by atoms with Gasteiger partial charge in [0.05, 0.1) is 13.2 Å². The molecular formula is C16H25N2O2+. The lowest BCUT2D eigenvalue weighted by Crippen LogP contribution is -3.12. The number of hydrogen-bond acceptors (Lipinski definition) is 2. The van der Waals surface area contributed by atoms with Crippen molar-refractivity contribution in [3.8, 4) is 0 Å². The van der Waals surface area contributed by atoms with Gasteiger partial charge in [0.2, 0.25) is 0 Å². The number of rotatable bonds is 3. The van der Waals surface area contributed by atoms with Crippen molar-refractivity contribution in [1.82, 2.24) is 5.32 Å².